The van der Waals surface area contributed by atoms with Crippen molar-refractivity contribution in [3.63, 3.8) is 0 Å². The molecule has 3 heterocycles. The molecule has 0 saturated heterocycles. The van der Waals surface area contributed by atoms with Gasteiger partial charge >= 0.3 is 0 Å². The number of hydrogen-bond acceptors (Lipinski definition) is 4. The first-order valence-corrected chi connectivity index (χ1v) is 17.3. The summed E-state index contributed by atoms with van der Waals surface area (Å²) in [5, 5.41) is 7.52. The number of aromatic nitrogens is 2. The summed E-state index contributed by atoms with van der Waals surface area (Å²) in [6, 6.07) is 35.4. The van der Waals surface area contributed by atoms with Crippen LogP contribution in [0.25, 0.3) is 27.6 Å². The molecule has 6 heteroatoms. The van der Waals surface area contributed by atoms with Gasteiger partial charge in [-0.25, -0.2) is 10.0 Å². The van der Waals surface area contributed by atoms with Crippen LogP contribution in [-0.2, 0) is 10.4 Å². The van der Waals surface area contributed by atoms with Gasteiger partial charge < -0.3 is 0 Å². The monoisotopic (exact) mass is 571 g/mol. The highest BCUT2D eigenvalue weighted by molar-refractivity contribution is 7.00. The topological polar surface area (TPSA) is 33.5 Å². The lowest BCUT2D eigenvalue weighted by molar-refractivity contribution is 0.142. The summed E-state index contributed by atoms with van der Waals surface area (Å²) in [6.45, 7) is 8.95. The normalized spacial score (nSPS) is 15.1. The van der Waals surface area contributed by atoms with E-state index in [4.69, 9.17) is 14.0 Å². The summed E-state index contributed by atoms with van der Waals surface area (Å²) < 4.78 is 26.3. The zero-order valence-electron chi connectivity index (χ0n) is 27.6. The van der Waals surface area contributed by atoms with Crippen LogP contribution in [0.2, 0.25) is 13.1 Å². The van der Waals surface area contributed by atoms with Crippen LogP contribution in [0.4, 0.5) is 17.1 Å². The Hall–Kier alpha value is -4.39. The molecule has 0 radical (unpaired) electrons. The summed E-state index contributed by atoms with van der Waals surface area (Å²) in [7, 11) is -2.25. The van der Waals surface area contributed by atoms with Crippen molar-refractivity contribution < 1.29 is 9.05 Å². The van der Waals surface area contributed by atoms with Crippen LogP contribution >= 0.6 is 0 Å². The second-order valence-corrected chi connectivity index (χ2v) is 17.0. The highest BCUT2D eigenvalue weighted by atomic mass is 28.3. The predicted molar refractivity (Wildman–Crippen MR) is 179 cm³/mol. The molecule has 1 aliphatic heterocycles. The van der Waals surface area contributed by atoms with E-state index in [1.54, 1.807) is 11.1 Å². The number of anilines is 3. The van der Waals surface area contributed by atoms with Crippen molar-refractivity contribution in [2.75, 3.05) is 17.1 Å². The molecule has 1 aliphatic rings. The zero-order valence-corrected chi connectivity index (χ0v) is 25.6. The maximum Gasteiger partial charge on any atom is 0.137 e. The Morgan fingerprint density at radius 3 is 2.29 bits per heavy atom. The molecular formula is C36H36N4OSi. The molecule has 0 aliphatic carbocycles. The van der Waals surface area contributed by atoms with E-state index in [0.717, 1.165) is 27.6 Å². The lowest BCUT2D eigenvalue weighted by Gasteiger charge is -2.26. The van der Waals surface area contributed by atoms with Crippen LogP contribution in [0.15, 0.2) is 109 Å². The molecule has 2 aromatic heterocycles. The quantitative estimate of drug-likeness (QED) is 0.203. The van der Waals surface area contributed by atoms with E-state index in [9.17, 15) is 0 Å². The van der Waals surface area contributed by atoms with E-state index in [-0.39, 0.29) is 5.41 Å². The highest BCUT2D eigenvalue weighted by Gasteiger charge is 2.31. The second-order valence-electron chi connectivity index (χ2n) is 12.6. The first-order chi connectivity index (χ1) is 21.3. The number of pyridine rings is 1. The number of rotatable bonds is 4. The predicted octanol–water partition coefficient (Wildman–Crippen LogP) is 7.73. The van der Waals surface area contributed by atoms with Gasteiger partial charge in [0.1, 0.15) is 13.9 Å². The summed E-state index contributed by atoms with van der Waals surface area (Å²) in [4.78, 5) is 10.8. The Balaban J connectivity index is 1.34. The van der Waals surface area contributed by atoms with Crippen molar-refractivity contribution in [3.05, 3.63) is 115 Å². The van der Waals surface area contributed by atoms with Crippen molar-refractivity contribution in [2.45, 2.75) is 39.3 Å². The van der Waals surface area contributed by atoms with Gasteiger partial charge in [-0.15, -0.1) is 4.94 Å². The average molecular weight is 572 g/mol. The first kappa shape index (κ1) is 23.2. The van der Waals surface area contributed by atoms with Crippen molar-refractivity contribution in [2.24, 2.45) is 0 Å². The highest BCUT2D eigenvalue weighted by Crippen LogP contribution is 2.40. The fourth-order valence-corrected chi connectivity index (χ4v) is 8.32. The molecule has 0 N–H and O–H groups in total. The van der Waals surface area contributed by atoms with Gasteiger partial charge in [-0.1, -0.05) is 98.8 Å². The van der Waals surface area contributed by atoms with Gasteiger partial charge in [0.05, 0.1) is 28.1 Å². The molecule has 4 aromatic carbocycles. The largest absolute Gasteiger partial charge is 0.294 e. The lowest BCUT2D eigenvalue weighted by Crippen LogP contribution is -2.52. The Morgan fingerprint density at radius 2 is 1.48 bits per heavy atom. The molecule has 0 atom stereocenters. The van der Waals surface area contributed by atoms with Crippen molar-refractivity contribution in [1.29, 1.82) is 0 Å². The molecule has 0 fully saturated rings. The molecule has 0 amide bonds. The fraction of sp³-hybridized carbons (Fsp3) is 0.194. The molecule has 5 nitrogen and oxygen atoms in total. The van der Waals surface area contributed by atoms with Crippen molar-refractivity contribution in [1.82, 2.24) is 9.55 Å². The third-order valence-electron chi connectivity index (χ3n) is 8.52. The van der Waals surface area contributed by atoms with Crippen LogP contribution in [-0.4, -0.2) is 24.6 Å². The Labute approximate surface area is 252 Å². The third kappa shape index (κ3) is 4.21. The summed E-state index contributed by atoms with van der Waals surface area (Å²) in [5.74, 6) is 0.913. The number of hydroxylamine groups is 1. The lowest BCUT2D eigenvalue weighted by atomic mass is 9.88. The maximum absolute atomic E-state index is 8.00. The molecule has 6 aromatic rings. The van der Waals surface area contributed by atoms with E-state index in [0.29, 0.717) is 11.4 Å². The minimum absolute atomic E-state index is 0.00161. The molecule has 0 bridgehead atoms. The zero-order chi connectivity index (χ0) is 31.7. The van der Waals surface area contributed by atoms with Crippen LogP contribution < -0.4 is 20.5 Å². The Kier molecular flexibility index (Phi) is 5.29. The molecule has 0 spiro atoms. The minimum Gasteiger partial charge on any atom is -0.294 e. The number of nitrogens with zero attached hydrogens (tertiary/aromatic N) is 4. The minimum atomic E-state index is -2.44. The SMILES string of the molecule is [2H]C([2H])([2H])N1ON(c2cccc([Si](C)(C)c3ccc4c5ccccc5n(-c5cc(C(C)(C)C)ccn5)c4c3)c2)c2ccccc21. The summed E-state index contributed by atoms with van der Waals surface area (Å²) >= 11 is 0. The van der Waals surface area contributed by atoms with Crippen molar-refractivity contribution >= 4 is 57.3 Å². The Morgan fingerprint density at radius 1 is 0.738 bits per heavy atom. The number of para-hydroxylation sites is 3. The average Bonchev–Trinajstić information content (AvgIpc) is 3.57. The second kappa shape index (κ2) is 9.58. The molecule has 7 rings (SSSR count). The van der Waals surface area contributed by atoms with Gasteiger partial charge in [-0.3, -0.25) is 4.57 Å². The van der Waals surface area contributed by atoms with Crippen molar-refractivity contribution in [3.8, 4) is 5.82 Å². The summed E-state index contributed by atoms with van der Waals surface area (Å²) in [6.07, 6.45) is 1.91. The molecule has 0 saturated carbocycles. The summed E-state index contributed by atoms with van der Waals surface area (Å²) in [5.41, 5.74) is 5.50. The smallest absolute Gasteiger partial charge is 0.137 e. The standard InChI is InChI=1S/C36H36N4OSi/c1-36(2,3)25-20-21-37-35(22-25)39-31-15-8-7-14-29(31)30-19-18-28(24-34(30)39)42(5,6)27-13-11-12-26(23-27)40-33-17-10-9-16-32(33)38(4)41-40/h7-24H,1-6H3/i4D3. The van der Waals surface area contributed by atoms with Crippen LogP contribution in [0.3, 0.4) is 0 Å². The van der Waals surface area contributed by atoms with E-state index in [2.05, 4.69) is 105 Å². The number of benzene rings is 4. The molecule has 0 unspecified atom stereocenters. The van der Waals surface area contributed by atoms with E-state index < -0.39 is 15.0 Å². The first-order valence-electron chi connectivity index (χ1n) is 15.8. The van der Waals surface area contributed by atoms with E-state index >= 15 is 0 Å². The number of fused-ring (bicyclic) bond motifs is 4. The molecule has 42 heavy (non-hydrogen) atoms. The maximum atomic E-state index is 8.00. The van der Waals surface area contributed by atoms with Crippen LogP contribution in [0.1, 0.15) is 30.4 Å². The van der Waals surface area contributed by atoms with Gasteiger partial charge in [-0.2, -0.15) is 5.06 Å². The third-order valence-corrected chi connectivity index (χ3v) is 12.0. The number of hydrogen-bond donors (Lipinski definition) is 0. The van der Waals surface area contributed by atoms with Crippen LogP contribution in [0, 0.1) is 0 Å². The molecule has 210 valence electrons. The van der Waals surface area contributed by atoms with E-state index in [1.807, 2.05) is 36.5 Å². The van der Waals surface area contributed by atoms with Crippen LogP contribution in [0.5, 0.6) is 0 Å². The van der Waals surface area contributed by atoms with Gasteiger partial charge in [0.15, 0.2) is 0 Å². The van der Waals surface area contributed by atoms with Gasteiger partial charge in [0.25, 0.3) is 0 Å². The Bertz CT molecular complexity index is 2080. The van der Waals surface area contributed by atoms with Gasteiger partial charge in [0, 0.05) is 28.1 Å². The van der Waals surface area contributed by atoms with Gasteiger partial charge in [0.2, 0.25) is 0 Å². The molecular weight excluding hydrogens is 533 g/mol. The van der Waals surface area contributed by atoms with Gasteiger partial charge in [-0.05, 0) is 59.5 Å². The van der Waals surface area contributed by atoms with E-state index in [1.165, 1.54) is 26.7 Å². The fourth-order valence-electron chi connectivity index (χ4n) is 5.96.